The van der Waals surface area contributed by atoms with Gasteiger partial charge in [-0.25, -0.2) is 0 Å². The minimum Gasteiger partial charge on any atom is -0.491 e. The molecule has 0 atom stereocenters. The van der Waals surface area contributed by atoms with Crippen LogP contribution in [0.5, 0.6) is 0 Å². The van der Waals surface area contributed by atoms with Gasteiger partial charge in [0, 0.05) is 12.8 Å². The molecular formula is C10H16O2. The minimum atomic E-state index is 0.281. The molecule has 0 saturated carbocycles. The molecule has 0 bridgehead atoms. The summed E-state index contributed by atoms with van der Waals surface area (Å²) in [5, 5.41) is 0. The molecule has 1 aliphatic heterocycles. The molecule has 0 aromatic heterocycles. The second kappa shape index (κ2) is 4.31. The van der Waals surface area contributed by atoms with Crippen molar-refractivity contribution < 1.29 is 9.47 Å². The minimum absolute atomic E-state index is 0.281. The molecule has 2 heteroatoms. The van der Waals surface area contributed by atoms with Gasteiger partial charge in [0.05, 0.1) is 13.2 Å². The van der Waals surface area contributed by atoms with Crippen LogP contribution in [0, 0.1) is 0 Å². The quantitative estimate of drug-likeness (QED) is 0.475. The Hall–Kier alpha value is -0.760. The highest BCUT2D eigenvalue weighted by atomic mass is 16.5. The molecule has 0 aromatic rings. The number of ether oxygens (including phenoxy) is 2. The molecule has 0 spiro atoms. The normalized spacial score (nSPS) is 18.8. The Morgan fingerprint density at radius 3 is 2.42 bits per heavy atom. The summed E-state index contributed by atoms with van der Waals surface area (Å²) in [4.78, 5) is 0. The maximum absolute atomic E-state index is 5.58. The van der Waals surface area contributed by atoms with Crippen LogP contribution in [0.1, 0.15) is 19.8 Å². The second-order valence-corrected chi connectivity index (χ2v) is 3.13. The van der Waals surface area contributed by atoms with Gasteiger partial charge in [0.25, 0.3) is 0 Å². The van der Waals surface area contributed by atoms with Gasteiger partial charge in [-0.1, -0.05) is 13.2 Å². The van der Waals surface area contributed by atoms with Crippen LogP contribution in [-0.2, 0) is 9.47 Å². The summed E-state index contributed by atoms with van der Waals surface area (Å²) in [5.74, 6) is 0.710. The smallest absolute Gasteiger partial charge is 0.114 e. The maximum Gasteiger partial charge on any atom is 0.114 e. The Labute approximate surface area is 73.9 Å². The first-order valence-electron chi connectivity index (χ1n) is 4.29. The zero-order valence-electron chi connectivity index (χ0n) is 7.64. The summed E-state index contributed by atoms with van der Waals surface area (Å²) in [6.07, 6.45) is 2.21. The van der Waals surface area contributed by atoms with Gasteiger partial charge in [0.15, 0.2) is 0 Å². The molecule has 0 N–H and O–H groups in total. The summed E-state index contributed by atoms with van der Waals surface area (Å²) in [6.45, 7) is 11.1. The van der Waals surface area contributed by atoms with Crippen LogP contribution in [0.4, 0.5) is 0 Å². The molecule has 0 aliphatic carbocycles. The topological polar surface area (TPSA) is 18.5 Å². The molecular weight excluding hydrogens is 152 g/mol. The lowest BCUT2D eigenvalue weighted by molar-refractivity contribution is -0.00132. The molecule has 1 rings (SSSR count). The van der Waals surface area contributed by atoms with Gasteiger partial charge in [0.2, 0.25) is 0 Å². The van der Waals surface area contributed by atoms with E-state index >= 15 is 0 Å². The fourth-order valence-corrected chi connectivity index (χ4v) is 1.10. The Morgan fingerprint density at radius 1 is 1.33 bits per heavy atom. The SMILES string of the molecule is C=C(C)C(=C)OC1CCOCC1. The van der Waals surface area contributed by atoms with Crippen molar-refractivity contribution >= 4 is 0 Å². The fourth-order valence-electron chi connectivity index (χ4n) is 1.10. The molecule has 0 aromatic carbocycles. The Bertz CT molecular complexity index is 178. The molecule has 2 nitrogen and oxygen atoms in total. The Morgan fingerprint density at radius 2 is 1.92 bits per heavy atom. The van der Waals surface area contributed by atoms with Gasteiger partial charge in [0.1, 0.15) is 11.9 Å². The van der Waals surface area contributed by atoms with E-state index in [2.05, 4.69) is 13.2 Å². The van der Waals surface area contributed by atoms with Gasteiger partial charge in [-0.05, 0) is 12.5 Å². The van der Waals surface area contributed by atoms with E-state index in [0.29, 0.717) is 5.76 Å². The first-order valence-corrected chi connectivity index (χ1v) is 4.29. The highest BCUT2D eigenvalue weighted by molar-refractivity contribution is 5.16. The molecule has 1 fully saturated rings. The van der Waals surface area contributed by atoms with Crippen LogP contribution in [0.25, 0.3) is 0 Å². The highest BCUT2D eigenvalue weighted by Crippen LogP contribution is 2.16. The van der Waals surface area contributed by atoms with Crippen molar-refractivity contribution in [3.05, 3.63) is 24.5 Å². The molecule has 68 valence electrons. The summed E-state index contributed by atoms with van der Waals surface area (Å²) in [5.41, 5.74) is 0.904. The van der Waals surface area contributed by atoms with E-state index in [1.165, 1.54) is 0 Å². The lowest BCUT2D eigenvalue weighted by atomic mass is 10.1. The van der Waals surface area contributed by atoms with Crippen LogP contribution in [0.2, 0.25) is 0 Å². The molecule has 12 heavy (non-hydrogen) atoms. The second-order valence-electron chi connectivity index (χ2n) is 3.13. The molecule has 1 aliphatic rings. The maximum atomic E-state index is 5.58. The van der Waals surface area contributed by atoms with Crippen LogP contribution >= 0.6 is 0 Å². The van der Waals surface area contributed by atoms with Crippen molar-refractivity contribution in [2.45, 2.75) is 25.9 Å². The van der Waals surface area contributed by atoms with Crippen molar-refractivity contribution in [2.24, 2.45) is 0 Å². The van der Waals surface area contributed by atoms with E-state index in [1.807, 2.05) is 6.92 Å². The zero-order valence-corrected chi connectivity index (χ0v) is 7.64. The van der Waals surface area contributed by atoms with Gasteiger partial charge in [-0.3, -0.25) is 0 Å². The van der Waals surface area contributed by atoms with Crippen LogP contribution in [0.3, 0.4) is 0 Å². The monoisotopic (exact) mass is 168 g/mol. The Kier molecular flexibility index (Phi) is 3.35. The average Bonchev–Trinajstić information content (AvgIpc) is 2.06. The van der Waals surface area contributed by atoms with E-state index in [0.717, 1.165) is 31.6 Å². The van der Waals surface area contributed by atoms with Crippen LogP contribution in [-0.4, -0.2) is 19.3 Å². The van der Waals surface area contributed by atoms with E-state index in [1.54, 1.807) is 0 Å². The summed E-state index contributed by atoms with van der Waals surface area (Å²) >= 11 is 0. The predicted molar refractivity (Wildman–Crippen MR) is 48.9 cm³/mol. The van der Waals surface area contributed by atoms with Gasteiger partial charge in [-0.15, -0.1) is 0 Å². The van der Waals surface area contributed by atoms with Crippen molar-refractivity contribution in [3.8, 4) is 0 Å². The molecule has 0 amide bonds. The van der Waals surface area contributed by atoms with Gasteiger partial charge in [-0.2, -0.15) is 0 Å². The third-order valence-electron chi connectivity index (χ3n) is 1.95. The van der Waals surface area contributed by atoms with Crippen LogP contribution in [0.15, 0.2) is 24.5 Å². The van der Waals surface area contributed by atoms with Gasteiger partial charge >= 0.3 is 0 Å². The summed E-state index contributed by atoms with van der Waals surface area (Å²) in [7, 11) is 0. The van der Waals surface area contributed by atoms with Crippen molar-refractivity contribution in [1.29, 1.82) is 0 Å². The molecule has 1 saturated heterocycles. The molecule has 1 heterocycles. The standard InChI is InChI=1S/C10H16O2/c1-8(2)9(3)12-10-4-6-11-7-5-10/h10H,1,3-7H2,2H3. The third kappa shape index (κ3) is 2.70. The van der Waals surface area contributed by atoms with Crippen LogP contribution < -0.4 is 0 Å². The summed E-state index contributed by atoms with van der Waals surface area (Å²) < 4.78 is 10.8. The molecule has 0 radical (unpaired) electrons. The lowest BCUT2D eigenvalue weighted by Crippen LogP contribution is -2.23. The number of rotatable bonds is 3. The van der Waals surface area contributed by atoms with E-state index in [9.17, 15) is 0 Å². The number of allylic oxidation sites excluding steroid dienone is 1. The largest absolute Gasteiger partial charge is 0.491 e. The van der Waals surface area contributed by atoms with E-state index < -0.39 is 0 Å². The predicted octanol–water partition coefficient (Wildman–Crippen LogP) is 2.27. The fraction of sp³-hybridized carbons (Fsp3) is 0.600. The van der Waals surface area contributed by atoms with E-state index in [4.69, 9.17) is 9.47 Å². The number of hydrogen-bond acceptors (Lipinski definition) is 2. The van der Waals surface area contributed by atoms with E-state index in [-0.39, 0.29) is 6.10 Å². The zero-order chi connectivity index (χ0) is 8.97. The Balaban J connectivity index is 2.29. The first-order chi connectivity index (χ1) is 5.70. The van der Waals surface area contributed by atoms with Crippen molar-refractivity contribution in [3.63, 3.8) is 0 Å². The van der Waals surface area contributed by atoms with Crippen molar-refractivity contribution in [2.75, 3.05) is 13.2 Å². The molecule has 0 unspecified atom stereocenters. The first kappa shape index (κ1) is 9.33. The lowest BCUT2D eigenvalue weighted by Gasteiger charge is -2.24. The highest BCUT2D eigenvalue weighted by Gasteiger charge is 2.15. The average molecular weight is 168 g/mol. The number of hydrogen-bond donors (Lipinski definition) is 0. The van der Waals surface area contributed by atoms with Crippen molar-refractivity contribution in [1.82, 2.24) is 0 Å². The van der Waals surface area contributed by atoms with Gasteiger partial charge < -0.3 is 9.47 Å². The third-order valence-corrected chi connectivity index (χ3v) is 1.95. The summed E-state index contributed by atoms with van der Waals surface area (Å²) in [6, 6.07) is 0.